The molecule has 2 nitrogen and oxygen atoms in total. The van der Waals surface area contributed by atoms with Crippen LogP contribution in [0.4, 0.5) is 14.5 Å². The second-order valence-electron chi connectivity index (χ2n) is 3.88. The van der Waals surface area contributed by atoms with Crippen molar-refractivity contribution in [3.8, 4) is 0 Å². The number of nitrogens with two attached hydrogens (primary N) is 1. The Morgan fingerprint density at radius 3 is 2.37 bits per heavy atom. The summed E-state index contributed by atoms with van der Waals surface area (Å²) in [5.74, 6) is -1.64. The van der Waals surface area contributed by atoms with E-state index in [2.05, 4.69) is 15.9 Å². The molecule has 0 radical (unpaired) electrons. The monoisotopic (exact) mass is 345 g/mol. The van der Waals surface area contributed by atoms with Crippen LogP contribution in [0, 0.1) is 11.6 Å². The van der Waals surface area contributed by atoms with Crippen LogP contribution in [0.2, 0.25) is 0 Å². The van der Waals surface area contributed by atoms with Crippen molar-refractivity contribution in [2.45, 2.75) is 10.6 Å². The quantitative estimate of drug-likeness (QED) is 0.681. The van der Waals surface area contributed by atoms with E-state index in [1.54, 1.807) is 24.3 Å². The molecule has 2 aromatic carbocycles. The molecule has 1 atom stereocenters. The Hall–Kier alpha value is -1.27. The van der Waals surface area contributed by atoms with E-state index in [1.807, 2.05) is 0 Å². The molecule has 1 unspecified atom stereocenters. The molecule has 2 rings (SSSR count). The lowest BCUT2D eigenvalue weighted by Gasteiger charge is -2.07. The van der Waals surface area contributed by atoms with Crippen molar-refractivity contribution in [2.75, 3.05) is 5.73 Å². The molecule has 2 N–H and O–H groups in total. The van der Waals surface area contributed by atoms with Gasteiger partial charge in [-0.05, 0) is 52.3 Å². The summed E-state index contributed by atoms with van der Waals surface area (Å²) < 4.78 is 39.5. The maximum atomic E-state index is 13.8. The van der Waals surface area contributed by atoms with E-state index in [0.29, 0.717) is 10.6 Å². The van der Waals surface area contributed by atoms with Gasteiger partial charge in [-0.25, -0.2) is 8.78 Å². The van der Waals surface area contributed by atoms with Gasteiger partial charge in [0.15, 0.2) is 0 Å². The van der Waals surface area contributed by atoms with Gasteiger partial charge >= 0.3 is 0 Å². The van der Waals surface area contributed by atoms with Gasteiger partial charge in [-0.1, -0.05) is 0 Å². The lowest BCUT2D eigenvalue weighted by molar-refractivity contribution is 0.560. The molecule has 0 aliphatic heterocycles. The van der Waals surface area contributed by atoms with E-state index in [-0.39, 0.29) is 15.8 Å². The van der Waals surface area contributed by atoms with Crippen LogP contribution in [0.25, 0.3) is 0 Å². The van der Waals surface area contributed by atoms with Gasteiger partial charge in [-0.15, -0.1) is 0 Å². The normalized spacial score (nSPS) is 12.4. The first-order chi connectivity index (χ1) is 8.99. The zero-order valence-electron chi connectivity index (χ0n) is 9.70. The zero-order valence-corrected chi connectivity index (χ0v) is 12.1. The topological polar surface area (TPSA) is 43.1 Å². The van der Waals surface area contributed by atoms with Crippen LogP contribution in [-0.2, 0) is 16.6 Å². The highest BCUT2D eigenvalue weighted by Crippen LogP contribution is 2.24. The molecular formula is C13H10BrF2NOS. The summed E-state index contributed by atoms with van der Waals surface area (Å²) in [7, 11) is -1.53. The Morgan fingerprint density at radius 2 is 1.74 bits per heavy atom. The summed E-state index contributed by atoms with van der Waals surface area (Å²) in [4.78, 5) is 0.480. The van der Waals surface area contributed by atoms with Gasteiger partial charge in [0.25, 0.3) is 0 Å². The predicted octanol–water partition coefficient (Wildman–Crippen LogP) is 3.62. The SMILES string of the molecule is Nc1ccc(S(=O)Cc2c(F)ccc(Br)c2F)cc1. The summed E-state index contributed by atoms with van der Waals surface area (Å²) in [6.45, 7) is 0. The summed E-state index contributed by atoms with van der Waals surface area (Å²) in [5, 5.41) is 0. The summed E-state index contributed by atoms with van der Waals surface area (Å²) in [5.41, 5.74) is 5.87. The summed E-state index contributed by atoms with van der Waals surface area (Å²) >= 11 is 2.98. The van der Waals surface area contributed by atoms with Crippen LogP contribution in [0.3, 0.4) is 0 Å². The number of nitrogen functional groups attached to an aromatic ring is 1. The third-order valence-corrected chi connectivity index (χ3v) is 4.52. The molecule has 0 aliphatic carbocycles. The first-order valence-corrected chi connectivity index (χ1v) is 7.46. The standard InChI is InChI=1S/C13H10BrF2NOS/c14-11-5-6-12(15)10(13(11)16)7-19(18)9-3-1-8(17)2-4-9/h1-6H,7,17H2. The molecule has 0 spiro atoms. The van der Waals surface area contributed by atoms with Gasteiger partial charge in [0.1, 0.15) is 11.6 Å². The number of anilines is 1. The minimum Gasteiger partial charge on any atom is -0.399 e. The van der Waals surface area contributed by atoms with Crippen molar-refractivity contribution < 1.29 is 13.0 Å². The number of hydrogen-bond acceptors (Lipinski definition) is 2. The molecule has 0 saturated heterocycles. The summed E-state index contributed by atoms with van der Waals surface area (Å²) in [6.07, 6.45) is 0. The average molecular weight is 346 g/mol. The zero-order chi connectivity index (χ0) is 14.0. The minimum atomic E-state index is -1.53. The van der Waals surface area contributed by atoms with Gasteiger partial charge < -0.3 is 5.73 Å². The van der Waals surface area contributed by atoms with Gasteiger partial charge in [-0.3, -0.25) is 4.21 Å². The van der Waals surface area contributed by atoms with E-state index in [9.17, 15) is 13.0 Å². The Balaban J connectivity index is 2.29. The van der Waals surface area contributed by atoms with E-state index in [1.165, 1.54) is 6.07 Å². The molecule has 0 aliphatic rings. The van der Waals surface area contributed by atoms with Crippen molar-refractivity contribution in [2.24, 2.45) is 0 Å². The largest absolute Gasteiger partial charge is 0.399 e. The van der Waals surface area contributed by atoms with E-state index in [4.69, 9.17) is 5.73 Å². The maximum Gasteiger partial charge on any atom is 0.144 e. The minimum absolute atomic E-state index is 0.151. The van der Waals surface area contributed by atoms with Crippen LogP contribution in [0.1, 0.15) is 5.56 Å². The second-order valence-corrected chi connectivity index (χ2v) is 6.19. The third-order valence-electron chi connectivity index (χ3n) is 2.56. The van der Waals surface area contributed by atoms with Crippen molar-refractivity contribution >= 4 is 32.4 Å². The van der Waals surface area contributed by atoms with Gasteiger partial charge in [0.2, 0.25) is 0 Å². The van der Waals surface area contributed by atoms with Crippen LogP contribution >= 0.6 is 15.9 Å². The Morgan fingerprint density at radius 1 is 1.11 bits per heavy atom. The van der Waals surface area contributed by atoms with Crippen LogP contribution in [0.15, 0.2) is 45.8 Å². The molecule has 0 heterocycles. The van der Waals surface area contributed by atoms with Crippen LogP contribution in [0.5, 0.6) is 0 Å². The number of benzene rings is 2. The highest BCUT2D eigenvalue weighted by molar-refractivity contribution is 9.10. The van der Waals surface area contributed by atoms with E-state index < -0.39 is 22.4 Å². The van der Waals surface area contributed by atoms with E-state index >= 15 is 0 Å². The molecule has 0 bridgehead atoms. The molecule has 0 amide bonds. The fraction of sp³-hybridized carbons (Fsp3) is 0.0769. The Labute approximate surface area is 120 Å². The lowest BCUT2D eigenvalue weighted by Crippen LogP contribution is -2.03. The summed E-state index contributed by atoms with van der Waals surface area (Å²) in [6, 6.07) is 8.78. The van der Waals surface area contributed by atoms with Gasteiger partial charge in [-0.2, -0.15) is 0 Å². The predicted molar refractivity (Wildman–Crippen MR) is 75.0 cm³/mol. The molecule has 0 aromatic heterocycles. The first kappa shape index (κ1) is 14.1. The molecule has 6 heteroatoms. The van der Waals surface area contributed by atoms with Crippen molar-refractivity contribution in [3.05, 3.63) is 58.1 Å². The van der Waals surface area contributed by atoms with Crippen molar-refractivity contribution in [3.63, 3.8) is 0 Å². The molecule has 100 valence electrons. The second kappa shape index (κ2) is 5.79. The highest BCUT2D eigenvalue weighted by atomic mass is 79.9. The van der Waals surface area contributed by atoms with Crippen molar-refractivity contribution in [1.82, 2.24) is 0 Å². The smallest absolute Gasteiger partial charge is 0.144 e. The molecule has 0 fully saturated rings. The Kier molecular flexibility index (Phi) is 4.31. The third kappa shape index (κ3) is 3.19. The number of hydrogen-bond donors (Lipinski definition) is 1. The Bertz CT molecular complexity index is 631. The van der Waals surface area contributed by atoms with Crippen LogP contribution < -0.4 is 5.73 Å². The highest BCUT2D eigenvalue weighted by Gasteiger charge is 2.16. The number of rotatable bonds is 3. The van der Waals surface area contributed by atoms with Crippen LogP contribution in [-0.4, -0.2) is 4.21 Å². The molecule has 2 aromatic rings. The van der Waals surface area contributed by atoms with E-state index in [0.717, 1.165) is 6.07 Å². The van der Waals surface area contributed by atoms with Crippen molar-refractivity contribution in [1.29, 1.82) is 0 Å². The first-order valence-electron chi connectivity index (χ1n) is 5.35. The molecule has 0 saturated carbocycles. The maximum absolute atomic E-state index is 13.8. The fourth-order valence-electron chi connectivity index (χ4n) is 1.54. The fourth-order valence-corrected chi connectivity index (χ4v) is 3.04. The molecule has 19 heavy (non-hydrogen) atoms. The molecular weight excluding hydrogens is 336 g/mol. The number of halogens is 3. The van der Waals surface area contributed by atoms with Gasteiger partial charge in [0, 0.05) is 16.1 Å². The van der Waals surface area contributed by atoms with Gasteiger partial charge in [0.05, 0.1) is 21.0 Å². The average Bonchev–Trinajstić information content (AvgIpc) is 2.40. The lowest BCUT2D eigenvalue weighted by atomic mass is 10.2.